The first-order valence-corrected chi connectivity index (χ1v) is 4.92. The third kappa shape index (κ3) is 4.57. The molecular weight excluding hydrogens is 168 g/mol. The summed E-state index contributed by atoms with van der Waals surface area (Å²) in [6, 6.07) is 0. The highest BCUT2D eigenvalue weighted by atomic mass is 16.6. The summed E-state index contributed by atoms with van der Waals surface area (Å²) < 4.78 is 4.86. The van der Waals surface area contributed by atoms with Crippen LogP contribution in [0.5, 0.6) is 0 Å². The fraction of sp³-hybridized carbons (Fsp3) is 1.00. The molecule has 78 valence electrons. The molecule has 1 fully saturated rings. The second-order valence-electron chi connectivity index (χ2n) is 3.54. The van der Waals surface area contributed by atoms with E-state index in [4.69, 9.17) is 9.84 Å². The number of hydrogen-bond donors (Lipinski definition) is 1. The van der Waals surface area contributed by atoms with E-state index in [1.807, 2.05) is 0 Å². The molecule has 1 aliphatic rings. The molecule has 1 N–H and O–H groups in total. The maximum absolute atomic E-state index is 8.40. The highest BCUT2D eigenvalue weighted by Crippen LogP contribution is 1.99. The molecule has 0 bridgehead atoms. The first-order valence-electron chi connectivity index (χ1n) is 4.92. The van der Waals surface area contributed by atoms with E-state index in [9.17, 15) is 0 Å². The summed E-state index contributed by atoms with van der Waals surface area (Å²) in [6.07, 6.45) is 1.02. The van der Waals surface area contributed by atoms with Crippen molar-refractivity contribution in [2.75, 3.05) is 53.2 Å². The quantitative estimate of drug-likeness (QED) is 0.470. The average molecular weight is 188 g/mol. The standard InChI is InChI=1S/C9H20N2O2/c1-10-4-6-11(7-5-10)3-2-8-13-9-12/h12H,2-9H2,1H3. The lowest BCUT2D eigenvalue weighted by Crippen LogP contribution is -2.44. The highest BCUT2D eigenvalue weighted by Gasteiger charge is 2.12. The van der Waals surface area contributed by atoms with Crippen molar-refractivity contribution < 1.29 is 9.84 Å². The van der Waals surface area contributed by atoms with Crippen LogP contribution < -0.4 is 0 Å². The van der Waals surface area contributed by atoms with Crippen LogP contribution in [0.1, 0.15) is 6.42 Å². The summed E-state index contributed by atoms with van der Waals surface area (Å²) in [5, 5.41) is 8.40. The van der Waals surface area contributed by atoms with E-state index in [1.165, 1.54) is 13.1 Å². The maximum Gasteiger partial charge on any atom is 0.143 e. The van der Waals surface area contributed by atoms with Crippen LogP contribution in [0.2, 0.25) is 0 Å². The van der Waals surface area contributed by atoms with E-state index in [0.29, 0.717) is 6.61 Å². The summed E-state index contributed by atoms with van der Waals surface area (Å²) >= 11 is 0. The van der Waals surface area contributed by atoms with Crippen molar-refractivity contribution in [3.8, 4) is 0 Å². The average Bonchev–Trinajstić information content (AvgIpc) is 2.15. The Morgan fingerprint density at radius 2 is 1.92 bits per heavy atom. The predicted molar refractivity (Wildman–Crippen MR) is 51.6 cm³/mol. The Balaban J connectivity index is 1.96. The van der Waals surface area contributed by atoms with Crippen LogP contribution in [-0.2, 0) is 4.74 Å². The molecule has 0 aromatic rings. The van der Waals surface area contributed by atoms with Gasteiger partial charge in [0.15, 0.2) is 0 Å². The molecule has 1 saturated heterocycles. The van der Waals surface area contributed by atoms with Crippen molar-refractivity contribution in [3.63, 3.8) is 0 Å². The van der Waals surface area contributed by atoms with E-state index in [-0.39, 0.29) is 6.79 Å². The van der Waals surface area contributed by atoms with Gasteiger partial charge in [-0.15, -0.1) is 0 Å². The second-order valence-corrected chi connectivity index (χ2v) is 3.54. The second kappa shape index (κ2) is 6.32. The zero-order chi connectivity index (χ0) is 9.52. The highest BCUT2D eigenvalue weighted by molar-refractivity contribution is 4.68. The van der Waals surface area contributed by atoms with Gasteiger partial charge in [0, 0.05) is 32.7 Å². The van der Waals surface area contributed by atoms with Gasteiger partial charge in [0.2, 0.25) is 0 Å². The number of nitrogens with zero attached hydrogens (tertiary/aromatic N) is 2. The van der Waals surface area contributed by atoms with E-state index in [0.717, 1.165) is 26.1 Å². The zero-order valence-electron chi connectivity index (χ0n) is 8.41. The summed E-state index contributed by atoms with van der Waals surface area (Å²) in [4.78, 5) is 4.79. The first-order chi connectivity index (χ1) is 6.33. The smallest absolute Gasteiger partial charge is 0.143 e. The summed E-state index contributed by atoms with van der Waals surface area (Å²) in [7, 11) is 2.16. The van der Waals surface area contributed by atoms with Gasteiger partial charge in [0.05, 0.1) is 6.61 Å². The molecule has 4 nitrogen and oxygen atoms in total. The van der Waals surface area contributed by atoms with Crippen molar-refractivity contribution in [1.29, 1.82) is 0 Å². The molecule has 0 saturated carbocycles. The van der Waals surface area contributed by atoms with Crippen LogP contribution in [0.3, 0.4) is 0 Å². The van der Waals surface area contributed by atoms with Gasteiger partial charge in [-0.05, 0) is 13.5 Å². The molecule has 0 spiro atoms. The number of hydrogen-bond acceptors (Lipinski definition) is 4. The number of piperazine rings is 1. The Labute approximate surface area is 80.1 Å². The van der Waals surface area contributed by atoms with Crippen LogP contribution in [-0.4, -0.2) is 68.1 Å². The van der Waals surface area contributed by atoms with Crippen molar-refractivity contribution in [2.45, 2.75) is 6.42 Å². The fourth-order valence-electron chi connectivity index (χ4n) is 1.53. The van der Waals surface area contributed by atoms with Gasteiger partial charge in [-0.25, -0.2) is 0 Å². The monoisotopic (exact) mass is 188 g/mol. The molecular formula is C9H20N2O2. The molecule has 0 radical (unpaired) electrons. The van der Waals surface area contributed by atoms with Gasteiger partial charge in [0.1, 0.15) is 6.79 Å². The Morgan fingerprint density at radius 3 is 2.54 bits per heavy atom. The number of aliphatic hydroxyl groups excluding tert-OH is 1. The van der Waals surface area contributed by atoms with E-state index >= 15 is 0 Å². The Kier molecular flexibility index (Phi) is 5.31. The molecule has 0 atom stereocenters. The third-order valence-electron chi connectivity index (χ3n) is 2.45. The molecule has 13 heavy (non-hydrogen) atoms. The minimum Gasteiger partial charge on any atom is -0.371 e. The molecule has 0 unspecified atom stereocenters. The normalized spacial score (nSPS) is 20.8. The molecule has 0 amide bonds. The number of aliphatic hydroxyl groups is 1. The zero-order valence-corrected chi connectivity index (χ0v) is 8.41. The largest absolute Gasteiger partial charge is 0.371 e. The van der Waals surface area contributed by atoms with E-state index < -0.39 is 0 Å². The third-order valence-corrected chi connectivity index (χ3v) is 2.45. The summed E-state index contributed by atoms with van der Waals surface area (Å²) in [5.74, 6) is 0. The van der Waals surface area contributed by atoms with Gasteiger partial charge < -0.3 is 19.6 Å². The lowest BCUT2D eigenvalue weighted by atomic mass is 10.3. The molecule has 1 heterocycles. The molecule has 1 rings (SSSR count). The van der Waals surface area contributed by atoms with Crippen molar-refractivity contribution in [3.05, 3.63) is 0 Å². The number of likely N-dealkylation sites (N-methyl/N-ethyl adjacent to an activating group) is 1. The van der Waals surface area contributed by atoms with Crippen molar-refractivity contribution in [2.24, 2.45) is 0 Å². The van der Waals surface area contributed by atoms with Crippen LogP contribution in [0, 0.1) is 0 Å². The van der Waals surface area contributed by atoms with Gasteiger partial charge in [-0.2, -0.15) is 0 Å². The van der Waals surface area contributed by atoms with Crippen LogP contribution in [0.25, 0.3) is 0 Å². The van der Waals surface area contributed by atoms with Gasteiger partial charge >= 0.3 is 0 Å². The lowest BCUT2D eigenvalue weighted by Gasteiger charge is -2.32. The van der Waals surface area contributed by atoms with Crippen molar-refractivity contribution >= 4 is 0 Å². The first kappa shape index (κ1) is 10.9. The molecule has 0 aromatic heterocycles. The Hall–Kier alpha value is -0.160. The summed E-state index contributed by atoms with van der Waals surface area (Å²) in [5.41, 5.74) is 0. The minimum atomic E-state index is -0.150. The van der Waals surface area contributed by atoms with Crippen LogP contribution in [0.4, 0.5) is 0 Å². The predicted octanol–water partition coefficient (Wildman–Crippen LogP) is -0.410. The molecule has 0 aliphatic carbocycles. The molecule has 4 heteroatoms. The maximum atomic E-state index is 8.40. The topological polar surface area (TPSA) is 35.9 Å². The van der Waals surface area contributed by atoms with Gasteiger partial charge in [0.25, 0.3) is 0 Å². The minimum absolute atomic E-state index is 0.150. The molecule has 1 aliphatic heterocycles. The fourth-order valence-corrected chi connectivity index (χ4v) is 1.53. The Bertz CT molecular complexity index is 125. The van der Waals surface area contributed by atoms with Crippen molar-refractivity contribution in [1.82, 2.24) is 9.80 Å². The SMILES string of the molecule is CN1CCN(CCCOCO)CC1. The summed E-state index contributed by atoms with van der Waals surface area (Å²) in [6.45, 7) is 6.27. The lowest BCUT2D eigenvalue weighted by molar-refractivity contribution is -0.00565. The van der Waals surface area contributed by atoms with E-state index in [1.54, 1.807) is 0 Å². The molecule has 0 aromatic carbocycles. The van der Waals surface area contributed by atoms with E-state index in [2.05, 4.69) is 16.8 Å². The Morgan fingerprint density at radius 1 is 1.23 bits per heavy atom. The number of ether oxygens (including phenoxy) is 1. The number of rotatable bonds is 5. The van der Waals surface area contributed by atoms with Gasteiger partial charge in [-0.1, -0.05) is 0 Å². The van der Waals surface area contributed by atoms with Gasteiger partial charge in [-0.3, -0.25) is 0 Å². The van der Waals surface area contributed by atoms with Crippen LogP contribution >= 0.6 is 0 Å². The van der Waals surface area contributed by atoms with Crippen LogP contribution in [0.15, 0.2) is 0 Å².